The summed E-state index contributed by atoms with van der Waals surface area (Å²) >= 11 is 3.09. The number of likely N-dealkylation sites (tertiary alicyclic amines) is 1. The molecule has 2 unspecified atom stereocenters. The van der Waals surface area contributed by atoms with Crippen molar-refractivity contribution in [2.75, 3.05) is 13.1 Å². The molecule has 0 spiro atoms. The maximum Gasteiger partial charge on any atom is 0.253 e. The van der Waals surface area contributed by atoms with Gasteiger partial charge in [-0.3, -0.25) is 4.79 Å². The SMILES string of the molecule is CC(N)C1CCN(C(=O)c2ccc(F)c(Br)c2)C1. The van der Waals surface area contributed by atoms with Crippen molar-refractivity contribution in [3.8, 4) is 0 Å². The van der Waals surface area contributed by atoms with Crippen molar-refractivity contribution in [2.24, 2.45) is 11.7 Å². The predicted molar refractivity (Wildman–Crippen MR) is 71.8 cm³/mol. The van der Waals surface area contributed by atoms with Gasteiger partial charge in [0.2, 0.25) is 0 Å². The third-order valence-electron chi connectivity index (χ3n) is 3.42. The smallest absolute Gasteiger partial charge is 0.253 e. The van der Waals surface area contributed by atoms with E-state index in [0.717, 1.165) is 13.0 Å². The molecule has 3 nitrogen and oxygen atoms in total. The van der Waals surface area contributed by atoms with Gasteiger partial charge in [-0.2, -0.15) is 0 Å². The average molecular weight is 315 g/mol. The third-order valence-corrected chi connectivity index (χ3v) is 4.03. The molecule has 1 aliphatic heterocycles. The van der Waals surface area contributed by atoms with Crippen LogP contribution in [0.3, 0.4) is 0 Å². The van der Waals surface area contributed by atoms with Crippen LogP contribution in [0, 0.1) is 11.7 Å². The van der Waals surface area contributed by atoms with Crippen LogP contribution < -0.4 is 5.73 Å². The summed E-state index contributed by atoms with van der Waals surface area (Å²) in [4.78, 5) is 14.0. The molecular formula is C13H16BrFN2O. The molecule has 0 saturated carbocycles. The minimum absolute atomic E-state index is 0.0566. The Morgan fingerprint density at radius 3 is 2.89 bits per heavy atom. The lowest BCUT2D eigenvalue weighted by Gasteiger charge is -2.18. The highest BCUT2D eigenvalue weighted by molar-refractivity contribution is 9.10. The molecule has 0 radical (unpaired) electrons. The maximum atomic E-state index is 13.1. The molecule has 5 heteroatoms. The summed E-state index contributed by atoms with van der Waals surface area (Å²) in [6.45, 7) is 3.37. The summed E-state index contributed by atoms with van der Waals surface area (Å²) in [5, 5.41) is 0. The van der Waals surface area contributed by atoms with Gasteiger partial charge in [0.05, 0.1) is 4.47 Å². The zero-order valence-electron chi connectivity index (χ0n) is 10.2. The minimum Gasteiger partial charge on any atom is -0.338 e. The first-order chi connectivity index (χ1) is 8.49. The van der Waals surface area contributed by atoms with E-state index in [1.54, 1.807) is 4.90 Å². The highest BCUT2D eigenvalue weighted by Gasteiger charge is 2.29. The van der Waals surface area contributed by atoms with Crippen LogP contribution in [0.2, 0.25) is 0 Å². The Kier molecular flexibility index (Phi) is 4.02. The van der Waals surface area contributed by atoms with Crippen LogP contribution in [0.1, 0.15) is 23.7 Å². The molecule has 0 bridgehead atoms. The normalized spacial score (nSPS) is 21.1. The monoisotopic (exact) mass is 314 g/mol. The Labute approximate surface area is 114 Å². The molecule has 0 aliphatic carbocycles. The van der Waals surface area contributed by atoms with Crippen LogP contribution in [0.4, 0.5) is 4.39 Å². The second kappa shape index (κ2) is 5.36. The van der Waals surface area contributed by atoms with Gasteiger partial charge in [-0.25, -0.2) is 4.39 Å². The van der Waals surface area contributed by atoms with Crippen LogP contribution in [0.15, 0.2) is 22.7 Å². The second-order valence-corrected chi connectivity index (χ2v) is 5.64. The number of hydrogen-bond donors (Lipinski definition) is 1. The molecule has 1 heterocycles. The van der Waals surface area contributed by atoms with Crippen molar-refractivity contribution < 1.29 is 9.18 Å². The Balaban J connectivity index is 2.10. The number of halogens is 2. The van der Waals surface area contributed by atoms with E-state index in [9.17, 15) is 9.18 Å². The van der Waals surface area contributed by atoms with Crippen molar-refractivity contribution in [3.05, 3.63) is 34.1 Å². The molecule has 1 saturated heterocycles. The zero-order chi connectivity index (χ0) is 13.3. The van der Waals surface area contributed by atoms with Crippen molar-refractivity contribution in [1.82, 2.24) is 4.90 Å². The van der Waals surface area contributed by atoms with Crippen LogP contribution >= 0.6 is 15.9 Å². The summed E-state index contributed by atoms with van der Waals surface area (Å²) in [7, 11) is 0. The van der Waals surface area contributed by atoms with E-state index < -0.39 is 0 Å². The first kappa shape index (κ1) is 13.5. The molecule has 0 aromatic heterocycles. The van der Waals surface area contributed by atoms with E-state index in [-0.39, 0.29) is 17.8 Å². The van der Waals surface area contributed by atoms with Gasteiger partial charge < -0.3 is 10.6 Å². The van der Waals surface area contributed by atoms with Crippen molar-refractivity contribution in [3.63, 3.8) is 0 Å². The van der Waals surface area contributed by atoms with Gasteiger partial charge in [0.25, 0.3) is 5.91 Å². The highest BCUT2D eigenvalue weighted by Crippen LogP contribution is 2.23. The van der Waals surface area contributed by atoms with Crippen LogP contribution in [-0.4, -0.2) is 29.9 Å². The summed E-state index contributed by atoms with van der Waals surface area (Å²) in [5.41, 5.74) is 6.36. The van der Waals surface area contributed by atoms with Crippen LogP contribution in [0.25, 0.3) is 0 Å². The van der Waals surface area contributed by atoms with Gasteiger partial charge in [0, 0.05) is 24.7 Å². The molecule has 1 aromatic carbocycles. The largest absolute Gasteiger partial charge is 0.338 e. The molecule has 98 valence electrons. The fourth-order valence-electron chi connectivity index (χ4n) is 2.21. The van der Waals surface area contributed by atoms with Crippen molar-refractivity contribution in [2.45, 2.75) is 19.4 Å². The first-order valence-electron chi connectivity index (χ1n) is 5.99. The van der Waals surface area contributed by atoms with E-state index in [1.165, 1.54) is 18.2 Å². The topological polar surface area (TPSA) is 46.3 Å². The van der Waals surface area contributed by atoms with Crippen LogP contribution in [-0.2, 0) is 0 Å². The Morgan fingerprint density at radius 2 is 2.33 bits per heavy atom. The summed E-state index contributed by atoms with van der Waals surface area (Å²) in [6.07, 6.45) is 0.936. The van der Waals surface area contributed by atoms with Crippen LogP contribution in [0.5, 0.6) is 0 Å². The Morgan fingerprint density at radius 1 is 1.61 bits per heavy atom. The van der Waals surface area contributed by atoms with Gasteiger partial charge in [-0.15, -0.1) is 0 Å². The number of amides is 1. The summed E-state index contributed by atoms with van der Waals surface area (Å²) in [5.74, 6) is -0.0573. The minimum atomic E-state index is -0.360. The van der Waals surface area contributed by atoms with Crippen molar-refractivity contribution in [1.29, 1.82) is 0 Å². The van der Waals surface area contributed by atoms with Gasteiger partial charge >= 0.3 is 0 Å². The lowest BCUT2D eigenvalue weighted by molar-refractivity contribution is 0.0786. The molecule has 2 rings (SSSR count). The lowest BCUT2D eigenvalue weighted by atomic mass is 10.0. The van der Waals surface area contributed by atoms with E-state index in [2.05, 4.69) is 15.9 Å². The molecule has 2 atom stereocenters. The van der Waals surface area contributed by atoms with Crippen molar-refractivity contribution >= 4 is 21.8 Å². The predicted octanol–water partition coefficient (Wildman–Crippen LogP) is 2.40. The fraction of sp³-hybridized carbons (Fsp3) is 0.462. The lowest BCUT2D eigenvalue weighted by Crippen LogP contribution is -2.33. The van der Waals surface area contributed by atoms with Gasteiger partial charge in [0.15, 0.2) is 0 Å². The van der Waals surface area contributed by atoms with E-state index in [1.807, 2.05) is 6.92 Å². The quantitative estimate of drug-likeness (QED) is 0.911. The summed E-state index contributed by atoms with van der Waals surface area (Å²) in [6, 6.07) is 4.44. The van der Waals surface area contributed by atoms with Gasteiger partial charge in [-0.1, -0.05) is 0 Å². The molecule has 1 aromatic rings. The molecular weight excluding hydrogens is 299 g/mol. The molecule has 1 amide bonds. The van der Waals surface area contributed by atoms with E-state index in [0.29, 0.717) is 22.5 Å². The number of carbonyl (C=O) groups excluding carboxylic acids is 1. The third kappa shape index (κ3) is 2.72. The van der Waals surface area contributed by atoms with Gasteiger partial charge in [0.1, 0.15) is 5.82 Å². The first-order valence-corrected chi connectivity index (χ1v) is 6.78. The van der Waals surface area contributed by atoms with E-state index in [4.69, 9.17) is 5.73 Å². The number of benzene rings is 1. The zero-order valence-corrected chi connectivity index (χ0v) is 11.8. The summed E-state index contributed by atoms with van der Waals surface area (Å²) < 4.78 is 13.4. The van der Waals surface area contributed by atoms with E-state index >= 15 is 0 Å². The maximum absolute atomic E-state index is 13.1. The molecule has 18 heavy (non-hydrogen) atoms. The average Bonchev–Trinajstić information content (AvgIpc) is 2.81. The molecule has 2 N–H and O–H groups in total. The number of carbonyl (C=O) groups is 1. The number of rotatable bonds is 2. The number of nitrogens with two attached hydrogens (primary N) is 1. The Bertz CT molecular complexity index is 464. The molecule has 1 fully saturated rings. The second-order valence-electron chi connectivity index (χ2n) is 4.79. The highest BCUT2D eigenvalue weighted by atomic mass is 79.9. The molecule has 1 aliphatic rings. The standard InChI is InChI=1S/C13H16BrFN2O/c1-8(16)10-4-5-17(7-10)13(18)9-2-3-12(15)11(14)6-9/h2-3,6,8,10H,4-5,7,16H2,1H3. The van der Waals surface area contributed by atoms with Gasteiger partial charge in [-0.05, 0) is 53.4 Å². The fourth-order valence-corrected chi connectivity index (χ4v) is 2.59. The number of nitrogens with zero attached hydrogens (tertiary/aromatic N) is 1. The number of hydrogen-bond acceptors (Lipinski definition) is 2. The Hall–Kier alpha value is -0.940.